The van der Waals surface area contributed by atoms with Crippen molar-refractivity contribution in [3.8, 4) is 23.0 Å². The number of amides is 2. The van der Waals surface area contributed by atoms with Crippen molar-refractivity contribution in [3.05, 3.63) is 117 Å². The molecule has 12 nitrogen and oxygen atoms in total. The van der Waals surface area contributed by atoms with Gasteiger partial charge in [-0.15, -0.1) is 0 Å². The first-order valence-corrected chi connectivity index (χ1v) is 18.9. The number of methoxy groups -OCH3 is 4. The fourth-order valence-electron chi connectivity index (χ4n) is 6.06. The Kier molecular flexibility index (Phi) is 14.2. The van der Waals surface area contributed by atoms with Crippen molar-refractivity contribution in [2.45, 2.75) is 85.9 Å². The molecule has 0 aliphatic rings. The maximum atomic E-state index is 13.8. The van der Waals surface area contributed by atoms with Crippen LogP contribution in [0, 0.1) is 13.8 Å². The van der Waals surface area contributed by atoms with Gasteiger partial charge in [0, 0.05) is 49.6 Å². The third-order valence-electron chi connectivity index (χ3n) is 9.66. The molecular formula is C45H60N6O6. The molecule has 12 heteroatoms. The zero-order chi connectivity index (χ0) is 42.2. The highest BCUT2D eigenvalue weighted by atomic mass is 16.5. The predicted molar refractivity (Wildman–Crippen MR) is 224 cm³/mol. The zero-order valence-electron chi connectivity index (χ0n) is 36.2. The standard InChI is InChI=1S/C27H35N3O4.C18H25N3O2/c1-18-9-10-19(13-23(18)33-7)16-30(17-20-11-12-21(32-6)14-24(20)34-8)26(31)22-15-25(27(2,3)4)28-29(22)5;1-12-7-8-13(9-15(12)23-6)11-19-17(22)14-10-16(18(2,3)4)20-21(14)5/h9-15H,16-17H2,1-8H3;7-10H,11H2,1-6H3,(H,19,22). The van der Waals surface area contributed by atoms with Crippen LogP contribution in [0.15, 0.2) is 66.7 Å². The summed E-state index contributed by atoms with van der Waals surface area (Å²) < 4.78 is 25.0. The number of aryl methyl sites for hydroxylation is 4. The van der Waals surface area contributed by atoms with E-state index in [1.807, 2.05) is 87.6 Å². The number of nitrogens with one attached hydrogen (secondary N) is 1. The summed E-state index contributed by atoms with van der Waals surface area (Å²) in [5, 5.41) is 12.0. The Morgan fingerprint density at radius 1 is 0.632 bits per heavy atom. The molecular weight excluding hydrogens is 721 g/mol. The van der Waals surface area contributed by atoms with Gasteiger partial charge in [0.2, 0.25) is 0 Å². The van der Waals surface area contributed by atoms with E-state index in [4.69, 9.17) is 18.9 Å². The van der Waals surface area contributed by atoms with E-state index < -0.39 is 0 Å². The van der Waals surface area contributed by atoms with Crippen molar-refractivity contribution in [1.29, 1.82) is 0 Å². The minimum Gasteiger partial charge on any atom is -0.497 e. The van der Waals surface area contributed by atoms with Crippen molar-refractivity contribution in [2.75, 3.05) is 28.4 Å². The van der Waals surface area contributed by atoms with Gasteiger partial charge in [-0.1, -0.05) is 65.8 Å². The van der Waals surface area contributed by atoms with Crippen LogP contribution in [0.25, 0.3) is 0 Å². The highest BCUT2D eigenvalue weighted by molar-refractivity contribution is 5.93. The molecule has 0 radical (unpaired) electrons. The summed E-state index contributed by atoms with van der Waals surface area (Å²) in [6.07, 6.45) is 0. The first kappa shape index (κ1) is 43.9. The average Bonchev–Trinajstić information content (AvgIpc) is 3.77. The van der Waals surface area contributed by atoms with Crippen LogP contribution in [0.5, 0.6) is 23.0 Å². The van der Waals surface area contributed by atoms with Gasteiger partial charge in [0.25, 0.3) is 11.8 Å². The molecule has 2 heterocycles. The first-order chi connectivity index (χ1) is 26.8. The minimum absolute atomic E-state index is 0.0827. The van der Waals surface area contributed by atoms with Gasteiger partial charge in [-0.3, -0.25) is 19.0 Å². The summed E-state index contributed by atoms with van der Waals surface area (Å²) in [5.41, 5.74) is 7.61. The van der Waals surface area contributed by atoms with Crippen molar-refractivity contribution < 1.29 is 28.5 Å². The largest absolute Gasteiger partial charge is 0.497 e. The maximum Gasteiger partial charge on any atom is 0.272 e. The normalized spacial score (nSPS) is 11.3. The Bertz CT molecular complexity index is 2170. The van der Waals surface area contributed by atoms with Gasteiger partial charge in [-0.05, 0) is 72.5 Å². The van der Waals surface area contributed by atoms with Gasteiger partial charge < -0.3 is 29.2 Å². The lowest BCUT2D eigenvalue weighted by Crippen LogP contribution is -2.31. The van der Waals surface area contributed by atoms with Crippen LogP contribution in [0.2, 0.25) is 0 Å². The van der Waals surface area contributed by atoms with Crippen LogP contribution in [0.4, 0.5) is 0 Å². The third kappa shape index (κ3) is 11.2. The molecule has 0 aliphatic heterocycles. The van der Waals surface area contributed by atoms with Crippen molar-refractivity contribution in [1.82, 2.24) is 29.8 Å². The number of benzene rings is 3. The fourth-order valence-corrected chi connectivity index (χ4v) is 6.06. The second-order valence-corrected chi connectivity index (χ2v) is 16.2. The highest BCUT2D eigenvalue weighted by Gasteiger charge is 2.26. The van der Waals surface area contributed by atoms with E-state index in [0.717, 1.165) is 50.7 Å². The Balaban J connectivity index is 0.000000273. The lowest BCUT2D eigenvalue weighted by Gasteiger charge is -2.24. The topological polar surface area (TPSA) is 122 Å². The number of carbonyl (C=O) groups is 2. The van der Waals surface area contributed by atoms with Crippen molar-refractivity contribution in [3.63, 3.8) is 0 Å². The van der Waals surface area contributed by atoms with Crippen molar-refractivity contribution in [2.24, 2.45) is 14.1 Å². The molecule has 5 aromatic rings. The number of nitrogens with zero attached hydrogens (tertiary/aromatic N) is 5. The SMILES string of the molecule is COc1cc(CNC(=O)c2cc(C(C)(C)C)nn2C)ccc1C.COc1ccc(CN(Cc2ccc(C)c(OC)c2)C(=O)c2cc(C(C)(C)C)nn2C)c(OC)c1. The molecule has 1 N–H and O–H groups in total. The molecule has 3 aromatic carbocycles. The molecule has 0 fully saturated rings. The van der Waals surface area contributed by atoms with E-state index >= 15 is 0 Å². The Morgan fingerprint density at radius 3 is 1.65 bits per heavy atom. The first-order valence-electron chi connectivity index (χ1n) is 18.9. The van der Waals surface area contributed by atoms with Gasteiger partial charge in [0.05, 0.1) is 46.4 Å². The van der Waals surface area contributed by atoms with Crippen LogP contribution >= 0.6 is 0 Å². The highest BCUT2D eigenvalue weighted by Crippen LogP contribution is 2.29. The number of ether oxygens (including phenoxy) is 4. The van der Waals surface area contributed by atoms with E-state index in [-0.39, 0.29) is 22.6 Å². The molecule has 5 rings (SSSR count). The summed E-state index contributed by atoms with van der Waals surface area (Å²) in [6.45, 7) is 17.7. The number of hydrogen-bond donors (Lipinski definition) is 1. The van der Waals surface area contributed by atoms with Gasteiger partial charge in [0.15, 0.2) is 0 Å². The second kappa shape index (κ2) is 18.4. The molecule has 57 heavy (non-hydrogen) atoms. The minimum atomic E-state index is -0.162. The van der Waals surface area contributed by atoms with Crippen LogP contribution in [-0.2, 0) is 44.6 Å². The van der Waals surface area contributed by atoms with Gasteiger partial charge in [-0.2, -0.15) is 10.2 Å². The monoisotopic (exact) mass is 780 g/mol. The summed E-state index contributed by atoms with van der Waals surface area (Å²) in [4.78, 5) is 28.0. The summed E-state index contributed by atoms with van der Waals surface area (Å²) in [5.74, 6) is 2.75. The molecule has 0 saturated heterocycles. The van der Waals surface area contributed by atoms with E-state index in [1.165, 1.54) is 0 Å². The summed E-state index contributed by atoms with van der Waals surface area (Å²) in [7, 11) is 10.1. The Morgan fingerprint density at radius 2 is 1.14 bits per heavy atom. The van der Waals surface area contributed by atoms with E-state index in [0.29, 0.717) is 42.5 Å². The number of aromatic nitrogens is 4. The molecule has 306 valence electrons. The molecule has 0 aliphatic carbocycles. The van der Waals surface area contributed by atoms with Crippen LogP contribution < -0.4 is 24.3 Å². The molecule has 0 unspecified atom stereocenters. The van der Waals surface area contributed by atoms with Crippen molar-refractivity contribution >= 4 is 11.8 Å². The van der Waals surface area contributed by atoms with E-state index in [1.54, 1.807) is 49.8 Å². The van der Waals surface area contributed by atoms with E-state index in [2.05, 4.69) is 57.1 Å². The molecule has 2 aromatic heterocycles. The van der Waals surface area contributed by atoms with Crippen LogP contribution in [0.3, 0.4) is 0 Å². The van der Waals surface area contributed by atoms with E-state index in [9.17, 15) is 9.59 Å². The number of rotatable bonds is 12. The predicted octanol–water partition coefficient (Wildman–Crippen LogP) is 7.86. The average molecular weight is 781 g/mol. The molecule has 2 amide bonds. The molecule has 0 saturated carbocycles. The number of hydrogen-bond acceptors (Lipinski definition) is 8. The Hall–Kier alpha value is -5.78. The quantitative estimate of drug-likeness (QED) is 0.136. The second-order valence-electron chi connectivity index (χ2n) is 16.2. The summed E-state index contributed by atoms with van der Waals surface area (Å²) >= 11 is 0. The van der Waals surface area contributed by atoms with Gasteiger partial charge in [0.1, 0.15) is 34.4 Å². The van der Waals surface area contributed by atoms with Crippen LogP contribution in [0.1, 0.15) is 102 Å². The maximum absolute atomic E-state index is 13.8. The zero-order valence-corrected chi connectivity index (χ0v) is 36.2. The lowest BCUT2D eigenvalue weighted by molar-refractivity contribution is 0.0717. The summed E-state index contributed by atoms with van der Waals surface area (Å²) in [6, 6.07) is 21.3. The third-order valence-corrected chi connectivity index (χ3v) is 9.66. The molecule has 0 spiro atoms. The fraction of sp³-hybridized carbons (Fsp3) is 0.422. The van der Waals surface area contributed by atoms with Gasteiger partial charge >= 0.3 is 0 Å². The Labute approximate surface area is 338 Å². The molecule has 0 bridgehead atoms. The number of carbonyl (C=O) groups excluding carboxylic acids is 2. The van der Waals surface area contributed by atoms with Crippen LogP contribution in [-0.4, -0.2) is 64.7 Å². The lowest BCUT2D eigenvalue weighted by atomic mass is 9.92. The van der Waals surface area contributed by atoms with Gasteiger partial charge in [-0.25, -0.2) is 0 Å². The smallest absolute Gasteiger partial charge is 0.272 e. The molecule has 0 atom stereocenters.